The van der Waals surface area contributed by atoms with Gasteiger partial charge in [0.25, 0.3) is 5.91 Å². The Labute approximate surface area is 177 Å². The third kappa shape index (κ3) is 3.49. The molecular weight excluding hydrogens is 408 g/mol. The van der Waals surface area contributed by atoms with Gasteiger partial charge in [0, 0.05) is 12.2 Å². The van der Waals surface area contributed by atoms with E-state index in [0.29, 0.717) is 18.0 Å². The number of rotatable bonds is 4. The Balaban J connectivity index is 1.56. The summed E-state index contributed by atoms with van der Waals surface area (Å²) in [6.07, 6.45) is 1.52. The number of benzene rings is 2. The van der Waals surface area contributed by atoms with Gasteiger partial charge in [0.1, 0.15) is 17.8 Å². The molecule has 0 saturated carbocycles. The summed E-state index contributed by atoms with van der Waals surface area (Å²) in [5.41, 5.74) is 0.157. The first kappa shape index (κ1) is 20.8. The molecule has 162 valence electrons. The van der Waals surface area contributed by atoms with Crippen molar-refractivity contribution >= 4 is 23.5 Å². The molecule has 1 unspecified atom stereocenters. The van der Waals surface area contributed by atoms with Crippen LogP contribution < -0.4 is 15.0 Å². The summed E-state index contributed by atoms with van der Waals surface area (Å²) in [6.45, 7) is 1.39. The van der Waals surface area contributed by atoms with Crippen LogP contribution in [0.5, 0.6) is 5.75 Å². The molecule has 2 heterocycles. The summed E-state index contributed by atoms with van der Waals surface area (Å²) >= 11 is 0. The fourth-order valence-corrected chi connectivity index (χ4v) is 4.02. The second-order valence-electron chi connectivity index (χ2n) is 7.72. The first-order valence-corrected chi connectivity index (χ1v) is 9.81. The quantitative estimate of drug-likeness (QED) is 0.758. The van der Waals surface area contributed by atoms with Crippen molar-refractivity contribution in [2.24, 2.45) is 0 Å². The highest BCUT2D eigenvalue weighted by Gasteiger charge is 2.50. The van der Waals surface area contributed by atoms with E-state index < -0.39 is 41.6 Å². The van der Waals surface area contributed by atoms with Gasteiger partial charge in [-0.3, -0.25) is 14.5 Å². The van der Waals surface area contributed by atoms with Crippen LogP contribution in [0.4, 0.5) is 19.3 Å². The minimum Gasteiger partial charge on any atom is -0.497 e. The Hall–Kier alpha value is -3.49. The zero-order chi connectivity index (χ0) is 22.3. The summed E-state index contributed by atoms with van der Waals surface area (Å²) in [5.74, 6) is -2.62. The number of fused-ring (bicyclic) bond motifs is 1. The van der Waals surface area contributed by atoms with Crippen molar-refractivity contribution in [2.45, 2.75) is 25.3 Å². The number of halogens is 2. The van der Waals surface area contributed by atoms with E-state index >= 15 is 0 Å². The first-order chi connectivity index (χ1) is 14.7. The van der Waals surface area contributed by atoms with Gasteiger partial charge in [0.15, 0.2) is 11.6 Å². The second kappa shape index (κ2) is 7.64. The summed E-state index contributed by atoms with van der Waals surface area (Å²) in [5, 5.41) is 2.50. The van der Waals surface area contributed by atoms with Crippen molar-refractivity contribution in [1.82, 2.24) is 10.2 Å². The average Bonchev–Trinajstić information content (AvgIpc) is 2.98. The van der Waals surface area contributed by atoms with Gasteiger partial charge >= 0.3 is 6.03 Å². The molecule has 1 N–H and O–H groups in total. The normalized spacial score (nSPS) is 20.5. The number of amides is 4. The van der Waals surface area contributed by atoms with Gasteiger partial charge in [-0.05, 0) is 61.2 Å². The molecule has 2 aliphatic heterocycles. The van der Waals surface area contributed by atoms with Crippen LogP contribution in [0.1, 0.15) is 24.5 Å². The van der Waals surface area contributed by atoms with Crippen molar-refractivity contribution in [2.75, 3.05) is 25.1 Å². The van der Waals surface area contributed by atoms with Crippen LogP contribution in [-0.2, 0) is 21.5 Å². The van der Waals surface area contributed by atoms with Crippen molar-refractivity contribution in [1.29, 1.82) is 0 Å². The van der Waals surface area contributed by atoms with Crippen LogP contribution in [0.2, 0.25) is 0 Å². The lowest BCUT2D eigenvalue weighted by molar-refractivity contribution is -0.134. The molecule has 2 aromatic carbocycles. The fourth-order valence-electron chi connectivity index (χ4n) is 4.02. The highest BCUT2D eigenvalue weighted by atomic mass is 19.2. The van der Waals surface area contributed by atoms with Gasteiger partial charge in [0.05, 0.1) is 7.11 Å². The number of urea groups is 1. The van der Waals surface area contributed by atoms with Gasteiger partial charge in [-0.25, -0.2) is 13.6 Å². The predicted octanol–water partition coefficient (Wildman–Crippen LogP) is 2.72. The predicted molar refractivity (Wildman–Crippen MR) is 108 cm³/mol. The number of anilines is 1. The summed E-state index contributed by atoms with van der Waals surface area (Å²) in [7, 11) is 1.56. The average molecular weight is 429 g/mol. The third-order valence-electron chi connectivity index (χ3n) is 5.77. The summed E-state index contributed by atoms with van der Waals surface area (Å²) in [4.78, 5) is 40.9. The van der Waals surface area contributed by atoms with E-state index in [9.17, 15) is 23.2 Å². The maximum atomic E-state index is 13.7. The molecule has 0 aliphatic carbocycles. The van der Waals surface area contributed by atoms with Crippen molar-refractivity contribution < 1.29 is 27.9 Å². The van der Waals surface area contributed by atoms with E-state index in [1.165, 1.54) is 13.0 Å². The number of imide groups is 1. The van der Waals surface area contributed by atoms with Crippen LogP contribution in [0.25, 0.3) is 0 Å². The smallest absolute Gasteiger partial charge is 0.325 e. The Kier molecular flexibility index (Phi) is 5.12. The molecule has 2 aromatic rings. The lowest BCUT2D eigenvalue weighted by Crippen LogP contribution is -2.46. The molecule has 0 spiro atoms. The minimum atomic E-state index is -1.60. The Morgan fingerprint density at radius 2 is 1.94 bits per heavy atom. The lowest BCUT2D eigenvalue weighted by Gasteiger charge is -2.31. The molecule has 9 heteroatoms. The minimum absolute atomic E-state index is 0.0927. The number of hydrogen-bond acceptors (Lipinski definition) is 4. The van der Waals surface area contributed by atoms with Gasteiger partial charge in [-0.15, -0.1) is 0 Å². The van der Waals surface area contributed by atoms with Crippen LogP contribution in [0.15, 0.2) is 36.4 Å². The van der Waals surface area contributed by atoms with Gasteiger partial charge in [-0.1, -0.05) is 6.07 Å². The highest BCUT2D eigenvalue weighted by molar-refractivity contribution is 6.10. The number of methoxy groups -OCH3 is 1. The molecule has 0 aromatic heterocycles. The molecule has 31 heavy (non-hydrogen) atoms. The van der Waals surface area contributed by atoms with Gasteiger partial charge < -0.3 is 15.0 Å². The van der Waals surface area contributed by atoms with Crippen molar-refractivity contribution in [3.8, 4) is 5.75 Å². The number of carbonyl (C=O) groups excluding carboxylic acids is 3. The maximum Gasteiger partial charge on any atom is 0.325 e. The molecule has 0 bridgehead atoms. The van der Waals surface area contributed by atoms with Gasteiger partial charge in [-0.2, -0.15) is 0 Å². The number of carbonyl (C=O) groups is 3. The first-order valence-electron chi connectivity index (χ1n) is 9.81. The number of nitrogens with one attached hydrogen (secondary N) is 1. The van der Waals surface area contributed by atoms with Crippen LogP contribution >= 0.6 is 0 Å². The molecule has 7 nitrogen and oxygen atoms in total. The molecule has 4 amide bonds. The third-order valence-corrected chi connectivity index (χ3v) is 5.77. The van der Waals surface area contributed by atoms with E-state index in [2.05, 4.69) is 5.32 Å². The Morgan fingerprint density at radius 1 is 1.16 bits per heavy atom. The zero-order valence-electron chi connectivity index (χ0n) is 17.1. The number of nitrogens with zero attached hydrogens (tertiary/aromatic N) is 2. The van der Waals surface area contributed by atoms with Crippen LogP contribution in [0, 0.1) is 11.6 Å². The maximum absolute atomic E-state index is 13.7. The molecule has 4 rings (SSSR count). The van der Waals surface area contributed by atoms with Crippen LogP contribution in [0.3, 0.4) is 0 Å². The Morgan fingerprint density at radius 3 is 2.65 bits per heavy atom. The van der Waals surface area contributed by atoms with E-state index in [1.54, 1.807) is 24.1 Å². The highest BCUT2D eigenvalue weighted by Crippen LogP contribution is 2.32. The molecular formula is C22H21F2N3O4. The summed E-state index contributed by atoms with van der Waals surface area (Å²) < 4.78 is 32.2. The molecule has 0 radical (unpaired) electrons. The fraction of sp³-hybridized carbons (Fsp3) is 0.318. The number of hydrogen-bond donors (Lipinski definition) is 1. The van der Waals surface area contributed by atoms with Gasteiger partial charge in [0.2, 0.25) is 5.91 Å². The molecule has 1 saturated heterocycles. The number of aryl methyl sites for hydroxylation is 1. The lowest BCUT2D eigenvalue weighted by atomic mass is 9.92. The van der Waals surface area contributed by atoms with E-state index in [1.807, 2.05) is 6.07 Å². The topological polar surface area (TPSA) is 79.0 Å². The Bertz CT molecular complexity index is 1090. The van der Waals surface area contributed by atoms with E-state index in [0.717, 1.165) is 35.4 Å². The number of ether oxygens (including phenoxy) is 1. The second-order valence-corrected chi connectivity index (χ2v) is 7.72. The van der Waals surface area contributed by atoms with Crippen LogP contribution in [-0.4, -0.2) is 42.9 Å². The van der Waals surface area contributed by atoms with Crippen molar-refractivity contribution in [3.05, 3.63) is 59.2 Å². The summed E-state index contributed by atoms with van der Waals surface area (Å²) in [6, 6.07) is 7.62. The molecule has 1 fully saturated rings. The SMILES string of the molecule is COc1ccc2c(c1)CCCN2C(=O)CN1C(=O)NC(C)(c2ccc(F)c(F)c2)C1=O. The standard InChI is InChI=1S/C22H21F2N3O4/c1-22(14-5-7-16(23)17(24)11-14)20(29)27(21(30)25-22)12-19(28)26-9-3-4-13-10-15(31-2)6-8-18(13)26/h5-8,10-11H,3-4,9,12H2,1-2H3,(H,25,30). The molecule has 2 aliphatic rings. The molecule has 1 atom stereocenters. The zero-order valence-corrected chi connectivity index (χ0v) is 17.1. The monoisotopic (exact) mass is 429 g/mol. The van der Waals surface area contributed by atoms with E-state index in [-0.39, 0.29) is 5.56 Å². The van der Waals surface area contributed by atoms with E-state index in [4.69, 9.17) is 4.74 Å². The van der Waals surface area contributed by atoms with Crippen molar-refractivity contribution in [3.63, 3.8) is 0 Å². The largest absolute Gasteiger partial charge is 0.497 e.